The van der Waals surface area contributed by atoms with Crippen molar-refractivity contribution in [3.63, 3.8) is 0 Å². The smallest absolute Gasteiger partial charge is 0.123 e. The first kappa shape index (κ1) is 9.74. The molecule has 0 atom stereocenters. The van der Waals surface area contributed by atoms with Crippen molar-refractivity contribution < 1.29 is 0 Å². The van der Waals surface area contributed by atoms with E-state index in [4.69, 9.17) is 0 Å². The number of thiazole rings is 1. The van der Waals surface area contributed by atoms with Crippen molar-refractivity contribution in [1.82, 2.24) is 4.98 Å². The third-order valence-electron chi connectivity index (χ3n) is 1.84. The summed E-state index contributed by atoms with van der Waals surface area (Å²) in [6, 6.07) is 8.59. The summed E-state index contributed by atoms with van der Waals surface area (Å²) in [5, 5.41) is 3.10. The first-order valence-electron chi connectivity index (χ1n) is 4.53. The second-order valence-corrected chi connectivity index (χ2v) is 5.03. The largest absolute Gasteiger partial charge is 0.245 e. The number of rotatable bonds is 3. The molecule has 1 aromatic carbocycles. The molecular weight excluding hydrogens is 210 g/mol. The zero-order valence-electron chi connectivity index (χ0n) is 7.93. The van der Waals surface area contributed by atoms with E-state index in [2.05, 4.69) is 36.2 Å². The molecule has 0 saturated carbocycles. The molecule has 0 aliphatic carbocycles. The first-order chi connectivity index (χ1) is 6.90. The van der Waals surface area contributed by atoms with Gasteiger partial charge in [-0.15, -0.1) is 23.1 Å². The molecule has 0 unspecified atom stereocenters. The molecule has 1 heterocycles. The van der Waals surface area contributed by atoms with E-state index in [0.717, 1.165) is 10.8 Å². The maximum atomic E-state index is 4.27. The molecule has 3 heteroatoms. The van der Waals surface area contributed by atoms with Gasteiger partial charge in [-0.05, 0) is 17.9 Å². The molecule has 0 fully saturated rings. The average Bonchev–Trinajstić information content (AvgIpc) is 2.72. The molecule has 0 N–H and O–H groups in total. The Bertz CT molecular complexity index is 378. The predicted molar refractivity (Wildman–Crippen MR) is 63.9 cm³/mol. The summed E-state index contributed by atoms with van der Waals surface area (Å²) < 4.78 is 0. The van der Waals surface area contributed by atoms with E-state index in [1.54, 1.807) is 11.3 Å². The average molecular weight is 221 g/mol. The Kier molecular flexibility index (Phi) is 3.22. The van der Waals surface area contributed by atoms with Crippen molar-refractivity contribution in [3.8, 4) is 10.6 Å². The van der Waals surface area contributed by atoms with Crippen LogP contribution >= 0.6 is 23.1 Å². The normalized spacial score (nSPS) is 10.4. The molecular formula is C11H11NS2. The third kappa shape index (κ3) is 2.16. The molecule has 0 amide bonds. The fourth-order valence-electron chi connectivity index (χ4n) is 1.23. The van der Waals surface area contributed by atoms with E-state index in [9.17, 15) is 0 Å². The monoisotopic (exact) mass is 221 g/mol. The van der Waals surface area contributed by atoms with Gasteiger partial charge in [0.2, 0.25) is 0 Å². The summed E-state index contributed by atoms with van der Waals surface area (Å²) in [5.74, 6) is 1.12. The van der Waals surface area contributed by atoms with Crippen LogP contribution in [0.2, 0.25) is 0 Å². The van der Waals surface area contributed by atoms with Crippen LogP contribution in [0.4, 0.5) is 0 Å². The van der Waals surface area contributed by atoms with E-state index in [-0.39, 0.29) is 0 Å². The summed E-state index contributed by atoms with van der Waals surface area (Å²) in [5.41, 5.74) is 1.21. The highest BCUT2D eigenvalue weighted by Gasteiger charge is 1.99. The number of aromatic nitrogens is 1. The van der Waals surface area contributed by atoms with Crippen molar-refractivity contribution in [1.29, 1.82) is 0 Å². The highest BCUT2D eigenvalue weighted by Crippen LogP contribution is 2.25. The molecule has 0 spiro atoms. The van der Waals surface area contributed by atoms with Crippen molar-refractivity contribution in [2.45, 2.75) is 11.8 Å². The standard InChI is InChI=1S/C11H11NS2/c1-2-13-10-5-3-9(4-6-10)11-12-7-8-14-11/h3-8H,2H2,1H3. The summed E-state index contributed by atoms with van der Waals surface area (Å²) in [7, 11) is 0. The van der Waals surface area contributed by atoms with Crippen LogP contribution < -0.4 is 0 Å². The molecule has 2 rings (SSSR count). The van der Waals surface area contributed by atoms with Crippen LogP contribution in [0.1, 0.15) is 6.92 Å². The van der Waals surface area contributed by atoms with Gasteiger partial charge in [-0.2, -0.15) is 0 Å². The predicted octanol–water partition coefficient (Wildman–Crippen LogP) is 3.92. The van der Waals surface area contributed by atoms with Crippen LogP contribution in [0.15, 0.2) is 40.7 Å². The van der Waals surface area contributed by atoms with Gasteiger partial charge in [-0.25, -0.2) is 4.98 Å². The number of hydrogen-bond donors (Lipinski definition) is 0. The fourth-order valence-corrected chi connectivity index (χ4v) is 2.53. The van der Waals surface area contributed by atoms with Gasteiger partial charge < -0.3 is 0 Å². The molecule has 0 saturated heterocycles. The van der Waals surface area contributed by atoms with Gasteiger partial charge in [0, 0.05) is 22.0 Å². The topological polar surface area (TPSA) is 12.9 Å². The molecule has 1 aromatic heterocycles. The Labute approximate surface area is 92.2 Å². The van der Waals surface area contributed by atoms with Gasteiger partial charge in [0.05, 0.1) is 0 Å². The zero-order valence-corrected chi connectivity index (χ0v) is 9.57. The number of thioether (sulfide) groups is 1. The maximum absolute atomic E-state index is 4.27. The number of nitrogens with zero attached hydrogens (tertiary/aromatic N) is 1. The maximum Gasteiger partial charge on any atom is 0.123 e. The van der Waals surface area contributed by atoms with Crippen LogP contribution in [0.25, 0.3) is 10.6 Å². The van der Waals surface area contributed by atoms with E-state index in [0.29, 0.717) is 0 Å². The van der Waals surface area contributed by atoms with Crippen LogP contribution in [0.5, 0.6) is 0 Å². The Morgan fingerprint density at radius 2 is 2.07 bits per heavy atom. The molecule has 72 valence electrons. The Morgan fingerprint density at radius 1 is 1.29 bits per heavy atom. The highest BCUT2D eigenvalue weighted by atomic mass is 32.2. The number of hydrogen-bond acceptors (Lipinski definition) is 3. The molecule has 0 aliphatic heterocycles. The summed E-state index contributed by atoms with van der Waals surface area (Å²) >= 11 is 3.54. The van der Waals surface area contributed by atoms with E-state index >= 15 is 0 Å². The zero-order chi connectivity index (χ0) is 9.80. The minimum atomic E-state index is 1.10. The van der Waals surface area contributed by atoms with Crippen molar-refractivity contribution in [2.24, 2.45) is 0 Å². The third-order valence-corrected chi connectivity index (χ3v) is 3.56. The SMILES string of the molecule is CCSc1ccc(-c2nccs2)cc1. The first-order valence-corrected chi connectivity index (χ1v) is 6.39. The lowest BCUT2D eigenvalue weighted by Gasteiger charge is -1.99. The molecule has 14 heavy (non-hydrogen) atoms. The van der Waals surface area contributed by atoms with Gasteiger partial charge in [0.15, 0.2) is 0 Å². The van der Waals surface area contributed by atoms with E-state index in [1.807, 2.05) is 23.3 Å². The number of benzene rings is 1. The van der Waals surface area contributed by atoms with Gasteiger partial charge in [-0.1, -0.05) is 19.1 Å². The molecule has 0 aliphatic rings. The Morgan fingerprint density at radius 3 is 2.64 bits per heavy atom. The Hall–Kier alpha value is -0.800. The van der Waals surface area contributed by atoms with Crippen LogP contribution in [-0.2, 0) is 0 Å². The molecule has 2 aromatic rings. The van der Waals surface area contributed by atoms with Crippen LogP contribution in [0.3, 0.4) is 0 Å². The van der Waals surface area contributed by atoms with Crippen molar-refractivity contribution >= 4 is 23.1 Å². The molecule has 1 nitrogen and oxygen atoms in total. The van der Waals surface area contributed by atoms with Crippen molar-refractivity contribution in [3.05, 3.63) is 35.8 Å². The van der Waals surface area contributed by atoms with Gasteiger partial charge in [0.1, 0.15) is 5.01 Å². The summed E-state index contributed by atoms with van der Waals surface area (Å²) in [4.78, 5) is 5.60. The summed E-state index contributed by atoms with van der Waals surface area (Å²) in [6.07, 6.45) is 1.84. The highest BCUT2D eigenvalue weighted by molar-refractivity contribution is 7.99. The second-order valence-electron chi connectivity index (χ2n) is 2.79. The minimum absolute atomic E-state index is 1.10. The van der Waals surface area contributed by atoms with Gasteiger partial charge in [0.25, 0.3) is 0 Å². The lowest BCUT2D eigenvalue weighted by atomic mass is 10.2. The van der Waals surface area contributed by atoms with Gasteiger partial charge >= 0.3 is 0 Å². The Balaban J connectivity index is 2.22. The molecule has 0 radical (unpaired) electrons. The quantitative estimate of drug-likeness (QED) is 0.729. The van der Waals surface area contributed by atoms with Crippen molar-refractivity contribution in [2.75, 3.05) is 5.75 Å². The van der Waals surface area contributed by atoms with Crippen LogP contribution in [-0.4, -0.2) is 10.7 Å². The van der Waals surface area contributed by atoms with Crippen LogP contribution in [0, 0.1) is 0 Å². The minimum Gasteiger partial charge on any atom is -0.245 e. The lowest BCUT2D eigenvalue weighted by Crippen LogP contribution is -1.76. The van der Waals surface area contributed by atoms with E-state index < -0.39 is 0 Å². The second kappa shape index (κ2) is 4.62. The van der Waals surface area contributed by atoms with E-state index in [1.165, 1.54) is 10.5 Å². The van der Waals surface area contributed by atoms with Gasteiger partial charge in [-0.3, -0.25) is 0 Å². The lowest BCUT2D eigenvalue weighted by molar-refractivity contribution is 1.38. The summed E-state index contributed by atoms with van der Waals surface area (Å²) in [6.45, 7) is 2.17. The fraction of sp³-hybridized carbons (Fsp3) is 0.182. The molecule has 0 bridgehead atoms.